The number of aromatic nitrogens is 1. The van der Waals surface area contributed by atoms with Crippen LogP contribution in [0.5, 0.6) is 5.75 Å². The first-order valence-electron chi connectivity index (χ1n) is 10.3. The highest BCUT2D eigenvalue weighted by Gasteiger charge is 2.42. The van der Waals surface area contributed by atoms with Gasteiger partial charge in [0.1, 0.15) is 17.4 Å². The number of ether oxygens (including phenoxy) is 1. The van der Waals surface area contributed by atoms with Crippen LogP contribution in [0.1, 0.15) is 24.8 Å². The Kier molecular flexibility index (Phi) is 5.88. The van der Waals surface area contributed by atoms with Crippen LogP contribution in [-0.4, -0.2) is 62.2 Å². The second kappa shape index (κ2) is 8.45. The van der Waals surface area contributed by atoms with Crippen LogP contribution in [0.3, 0.4) is 0 Å². The summed E-state index contributed by atoms with van der Waals surface area (Å²) in [4.78, 5) is 21.2. The smallest absolute Gasteiger partial charge is 0.223 e. The molecule has 1 aromatic heterocycles. The molecule has 2 aliphatic heterocycles. The molecule has 1 aromatic carbocycles. The van der Waals surface area contributed by atoms with Crippen LogP contribution < -0.4 is 9.64 Å². The van der Waals surface area contributed by atoms with Gasteiger partial charge in [-0.15, -0.1) is 0 Å². The third kappa shape index (κ3) is 4.51. The number of rotatable bonds is 6. The van der Waals surface area contributed by atoms with E-state index in [1.54, 1.807) is 4.90 Å². The fourth-order valence-corrected chi connectivity index (χ4v) is 5.69. The lowest BCUT2D eigenvalue weighted by atomic mass is 10.1. The normalized spacial score (nSPS) is 20.7. The maximum Gasteiger partial charge on any atom is 0.223 e. The maximum absolute atomic E-state index is 13.7. The molecule has 31 heavy (non-hydrogen) atoms. The first-order valence-corrected chi connectivity index (χ1v) is 12.0. The van der Waals surface area contributed by atoms with Crippen molar-refractivity contribution in [2.24, 2.45) is 0 Å². The van der Waals surface area contributed by atoms with Crippen molar-refractivity contribution >= 4 is 21.6 Å². The zero-order valence-corrected chi connectivity index (χ0v) is 18.4. The Hall–Kier alpha value is -2.68. The number of halogens is 1. The molecular formula is C22H26FN3O4S. The van der Waals surface area contributed by atoms with E-state index >= 15 is 0 Å². The summed E-state index contributed by atoms with van der Waals surface area (Å²) in [5.74, 6) is -0.204. The predicted molar refractivity (Wildman–Crippen MR) is 114 cm³/mol. The van der Waals surface area contributed by atoms with Crippen molar-refractivity contribution in [2.75, 3.05) is 30.9 Å². The van der Waals surface area contributed by atoms with Crippen molar-refractivity contribution in [3.05, 3.63) is 47.9 Å². The van der Waals surface area contributed by atoms with Gasteiger partial charge in [0, 0.05) is 43.9 Å². The second-order valence-electron chi connectivity index (χ2n) is 8.18. The minimum absolute atomic E-state index is 0.127. The Morgan fingerprint density at radius 2 is 1.90 bits per heavy atom. The number of carbonyl (C=O) groups is 1. The lowest BCUT2D eigenvalue weighted by molar-refractivity contribution is -0.131. The van der Waals surface area contributed by atoms with Crippen molar-refractivity contribution in [3.8, 4) is 5.75 Å². The van der Waals surface area contributed by atoms with Crippen molar-refractivity contribution in [1.82, 2.24) is 9.88 Å². The predicted octanol–water partition coefficient (Wildman–Crippen LogP) is 2.58. The molecule has 2 atom stereocenters. The number of aryl methyl sites for hydroxylation is 1. The van der Waals surface area contributed by atoms with E-state index < -0.39 is 15.7 Å². The number of nitrogens with zero attached hydrogens (tertiary/aromatic N) is 3. The number of carbonyl (C=O) groups excluding carboxylic acids is 1. The molecule has 2 fully saturated rings. The van der Waals surface area contributed by atoms with Gasteiger partial charge in [-0.25, -0.2) is 17.8 Å². The number of likely N-dealkylation sites (tertiary alicyclic amines) is 1. The third-order valence-corrected chi connectivity index (χ3v) is 7.71. The van der Waals surface area contributed by atoms with Gasteiger partial charge in [0.15, 0.2) is 9.84 Å². The van der Waals surface area contributed by atoms with Crippen molar-refractivity contribution < 1.29 is 22.3 Å². The molecule has 0 aliphatic carbocycles. The van der Waals surface area contributed by atoms with E-state index in [-0.39, 0.29) is 40.8 Å². The van der Waals surface area contributed by atoms with E-state index in [0.29, 0.717) is 13.1 Å². The van der Waals surface area contributed by atoms with Crippen LogP contribution in [0.25, 0.3) is 0 Å². The van der Waals surface area contributed by atoms with Crippen LogP contribution in [0, 0.1) is 12.7 Å². The quantitative estimate of drug-likeness (QED) is 0.677. The molecule has 2 unspecified atom stereocenters. The first kappa shape index (κ1) is 21.5. The van der Waals surface area contributed by atoms with Gasteiger partial charge >= 0.3 is 0 Å². The van der Waals surface area contributed by atoms with E-state index in [1.165, 1.54) is 13.2 Å². The van der Waals surface area contributed by atoms with Crippen LogP contribution in [-0.2, 0) is 14.6 Å². The van der Waals surface area contributed by atoms with E-state index in [0.717, 1.165) is 36.4 Å². The fourth-order valence-electron chi connectivity index (χ4n) is 4.43. The summed E-state index contributed by atoms with van der Waals surface area (Å²) < 4.78 is 43.9. The maximum atomic E-state index is 13.7. The standard InChI is InChI=1S/C22H26FN3O4S/c1-15-3-6-21(24-12-15)26-17-4-5-18(26)14-25(13-17)22(27)7-8-31(28,29)20-10-16(23)9-19(11-20)30-2/h3,6,9-12,17-18H,4-5,7-8,13-14H2,1-2H3. The summed E-state index contributed by atoms with van der Waals surface area (Å²) >= 11 is 0. The van der Waals surface area contributed by atoms with Gasteiger partial charge in [-0.05, 0) is 43.5 Å². The number of pyridine rings is 1. The number of sulfone groups is 1. The number of fused-ring (bicyclic) bond motifs is 2. The molecule has 166 valence electrons. The highest BCUT2D eigenvalue weighted by Crippen LogP contribution is 2.34. The molecule has 2 aromatic rings. The Labute approximate surface area is 181 Å². The van der Waals surface area contributed by atoms with Crippen LogP contribution in [0.2, 0.25) is 0 Å². The molecule has 0 saturated carbocycles. The molecule has 0 spiro atoms. The van der Waals surface area contributed by atoms with Crippen LogP contribution >= 0.6 is 0 Å². The van der Waals surface area contributed by atoms with Gasteiger partial charge in [-0.1, -0.05) is 6.07 Å². The zero-order valence-electron chi connectivity index (χ0n) is 17.6. The number of amides is 1. The minimum Gasteiger partial charge on any atom is -0.497 e. The van der Waals surface area contributed by atoms with Gasteiger partial charge in [-0.3, -0.25) is 4.79 Å². The number of piperazine rings is 1. The summed E-state index contributed by atoms with van der Waals surface area (Å²) in [6, 6.07) is 7.75. The molecule has 7 nitrogen and oxygen atoms in total. The molecule has 2 bridgehead atoms. The molecule has 0 N–H and O–H groups in total. The van der Waals surface area contributed by atoms with Crippen molar-refractivity contribution in [1.29, 1.82) is 0 Å². The van der Waals surface area contributed by atoms with Gasteiger partial charge in [0.25, 0.3) is 0 Å². The molecule has 3 heterocycles. The van der Waals surface area contributed by atoms with E-state index in [9.17, 15) is 17.6 Å². The third-order valence-electron chi connectivity index (χ3n) is 6.02. The number of benzene rings is 1. The number of methoxy groups -OCH3 is 1. The summed E-state index contributed by atoms with van der Waals surface area (Å²) in [7, 11) is -2.46. The summed E-state index contributed by atoms with van der Waals surface area (Å²) in [5, 5.41) is 0. The Morgan fingerprint density at radius 3 is 2.52 bits per heavy atom. The minimum atomic E-state index is -3.81. The Morgan fingerprint density at radius 1 is 1.19 bits per heavy atom. The van der Waals surface area contributed by atoms with Gasteiger partial charge in [0.2, 0.25) is 5.91 Å². The largest absolute Gasteiger partial charge is 0.497 e. The molecule has 9 heteroatoms. The van der Waals surface area contributed by atoms with Crippen molar-refractivity contribution in [2.45, 2.75) is 43.2 Å². The average Bonchev–Trinajstić information content (AvgIpc) is 3.01. The van der Waals surface area contributed by atoms with E-state index in [2.05, 4.69) is 9.88 Å². The van der Waals surface area contributed by atoms with E-state index in [1.807, 2.05) is 25.3 Å². The number of hydrogen-bond acceptors (Lipinski definition) is 6. The monoisotopic (exact) mass is 447 g/mol. The summed E-state index contributed by atoms with van der Waals surface area (Å²) in [6.45, 7) is 3.10. The SMILES string of the molecule is COc1cc(F)cc(S(=O)(=O)CCC(=O)N2CC3CCC(C2)N3c2ccc(C)cn2)c1. The van der Waals surface area contributed by atoms with Crippen LogP contribution in [0.4, 0.5) is 10.2 Å². The molecule has 4 rings (SSSR count). The summed E-state index contributed by atoms with van der Waals surface area (Å²) in [5.41, 5.74) is 1.10. The average molecular weight is 448 g/mol. The zero-order chi connectivity index (χ0) is 22.2. The highest BCUT2D eigenvalue weighted by atomic mass is 32.2. The second-order valence-corrected chi connectivity index (χ2v) is 10.3. The van der Waals surface area contributed by atoms with E-state index in [4.69, 9.17) is 4.74 Å². The van der Waals surface area contributed by atoms with Crippen LogP contribution in [0.15, 0.2) is 41.4 Å². The summed E-state index contributed by atoms with van der Waals surface area (Å²) in [6.07, 6.45) is 3.67. The molecule has 2 aliphatic rings. The van der Waals surface area contributed by atoms with Gasteiger partial charge in [0.05, 0.1) is 17.8 Å². The number of hydrogen-bond donors (Lipinski definition) is 0. The van der Waals surface area contributed by atoms with Gasteiger partial charge in [-0.2, -0.15) is 0 Å². The molecule has 2 saturated heterocycles. The molecular weight excluding hydrogens is 421 g/mol. The van der Waals surface area contributed by atoms with Gasteiger partial charge < -0.3 is 14.5 Å². The molecule has 0 radical (unpaired) electrons. The molecule has 1 amide bonds. The lowest BCUT2D eigenvalue weighted by Gasteiger charge is -2.41. The fraction of sp³-hybridized carbons (Fsp3) is 0.455. The topological polar surface area (TPSA) is 79.8 Å². The number of anilines is 1. The Bertz CT molecular complexity index is 1060. The first-order chi connectivity index (χ1) is 14.8. The highest BCUT2D eigenvalue weighted by molar-refractivity contribution is 7.91. The lowest BCUT2D eigenvalue weighted by Crippen LogP contribution is -2.55. The Balaban J connectivity index is 1.40. The van der Waals surface area contributed by atoms with Crippen molar-refractivity contribution in [3.63, 3.8) is 0 Å².